The van der Waals surface area contributed by atoms with Crippen molar-refractivity contribution in [1.82, 2.24) is 9.78 Å². The van der Waals surface area contributed by atoms with E-state index in [-0.39, 0.29) is 0 Å². The van der Waals surface area contributed by atoms with Crippen molar-refractivity contribution in [3.05, 3.63) is 15.5 Å². The Morgan fingerprint density at radius 2 is 2.12 bits per heavy atom. The fraction of sp³-hybridized carbons (Fsp3) is 0.727. The molecule has 0 amide bonds. The highest BCUT2D eigenvalue weighted by molar-refractivity contribution is 14.1. The largest absolute Gasteiger partial charge is 0.359 e. The number of rotatable bonds is 6. The molecule has 1 aromatic heterocycles. The van der Waals surface area contributed by atoms with E-state index in [1.807, 2.05) is 10.9 Å². The first-order chi connectivity index (χ1) is 7.44. The molecule has 0 N–H and O–H groups in total. The average Bonchev–Trinajstić information content (AvgIpc) is 2.53. The lowest BCUT2D eigenvalue weighted by Crippen LogP contribution is -2.22. The van der Waals surface area contributed by atoms with Crippen LogP contribution in [0.25, 0.3) is 0 Å². The Balaban J connectivity index is 2.35. The standard InChI is InChI=1S/C11H21IN2OSi/c1-5-10-8-13-14(11(10)12)9-15-6-7-16(2,3)4/h8H,5-7,9H2,1-4H3. The van der Waals surface area contributed by atoms with Gasteiger partial charge in [-0.3, -0.25) is 0 Å². The first kappa shape index (κ1) is 14.2. The second kappa shape index (κ2) is 6.16. The highest BCUT2D eigenvalue weighted by Gasteiger charge is 2.12. The van der Waals surface area contributed by atoms with Crippen LogP contribution in [0.4, 0.5) is 0 Å². The minimum Gasteiger partial charge on any atom is -0.359 e. The van der Waals surface area contributed by atoms with Gasteiger partial charge in [0.05, 0.1) is 6.20 Å². The zero-order valence-corrected chi connectivity index (χ0v) is 13.7. The molecule has 0 radical (unpaired) electrons. The van der Waals surface area contributed by atoms with Crippen LogP contribution in [0.5, 0.6) is 0 Å². The van der Waals surface area contributed by atoms with Crippen LogP contribution in [-0.2, 0) is 17.9 Å². The first-order valence-corrected chi connectivity index (χ1v) is 10.5. The number of halogens is 1. The van der Waals surface area contributed by atoms with Crippen LogP contribution in [0.3, 0.4) is 0 Å². The molecule has 1 heterocycles. The monoisotopic (exact) mass is 352 g/mol. The van der Waals surface area contributed by atoms with Crippen molar-refractivity contribution in [2.45, 2.75) is 45.8 Å². The lowest BCUT2D eigenvalue weighted by atomic mass is 10.3. The van der Waals surface area contributed by atoms with E-state index in [0.29, 0.717) is 6.73 Å². The third-order valence-corrected chi connectivity index (χ3v) is 5.39. The Labute approximate surface area is 113 Å². The Morgan fingerprint density at radius 1 is 1.44 bits per heavy atom. The normalized spacial score (nSPS) is 12.1. The van der Waals surface area contributed by atoms with Crippen molar-refractivity contribution < 1.29 is 4.74 Å². The Hall–Kier alpha value is 0.117. The molecule has 0 aliphatic carbocycles. The van der Waals surface area contributed by atoms with E-state index in [2.05, 4.69) is 54.3 Å². The molecule has 16 heavy (non-hydrogen) atoms. The lowest BCUT2D eigenvalue weighted by Gasteiger charge is -2.15. The van der Waals surface area contributed by atoms with Gasteiger partial charge in [0.15, 0.2) is 0 Å². The molecule has 0 saturated heterocycles. The molecule has 0 aromatic carbocycles. The summed E-state index contributed by atoms with van der Waals surface area (Å²) in [6.07, 6.45) is 2.97. The Kier molecular flexibility index (Phi) is 5.46. The van der Waals surface area contributed by atoms with Gasteiger partial charge in [-0.1, -0.05) is 26.6 Å². The Morgan fingerprint density at radius 3 is 2.62 bits per heavy atom. The molecule has 1 rings (SSSR count). The van der Waals surface area contributed by atoms with Crippen LogP contribution >= 0.6 is 22.6 Å². The predicted molar refractivity (Wildman–Crippen MR) is 78.4 cm³/mol. The molecule has 0 spiro atoms. The SMILES string of the molecule is CCc1cnn(COCC[Si](C)(C)C)c1I. The maximum Gasteiger partial charge on any atom is 0.140 e. The summed E-state index contributed by atoms with van der Waals surface area (Å²) in [6, 6.07) is 1.21. The molecule has 1 aromatic rings. The molecular formula is C11H21IN2OSi. The highest BCUT2D eigenvalue weighted by Crippen LogP contribution is 2.13. The number of ether oxygens (including phenoxy) is 1. The van der Waals surface area contributed by atoms with E-state index < -0.39 is 8.07 Å². The van der Waals surface area contributed by atoms with Gasteiger partial charge in [0.2, 0.25) is 0 Å². The topological polar surface area (TPSA) is 27.1 Å². The van der Waals surface area contributed by atoms with E-state index >= 15 is 0 Å². The van der Waals surface area contributed by atoms with Crippen molar-refractivity contribution >= 4 is 30.7 Å². The molecule has 0 atom stereocenters. The van der Waals surface area contributed by atoms with Crippen molar-refractivity contribution in [2.75, 3.05) is 6.61 Å². The second-order valence-electron chi connectivity index (χ2n) is 5.16. The van der Waals surface area contributed by atoms with Gasteiger partial charge in [0.25, 0.3) is 0 Å². The summed E-state index contributed by atoms with van der Waals surface area (Å²) in [5.74, 6) is 0. The number of hydrogen-bond donors (Lipinski definition) is 0. The van der Waals surface area contributed by atoms with Crippen LogP contribution in [0.2, 0.25) is 25.7 Å². The van der Waals surface area contributed by atoms with Gasteiger partial charge in [-0.2, -0.15) is 5.10 Å². The van der Waals surface area contributed by atoms with E-state index in [4.69, 9.17) is 4.74 Å². The van der Waals surface area contributed by atoms with Crippen LogP contribution in [0, 0.1) is 3.70 Å². The zero-order valence-electron chi connectivity index (χ0n) is 10.6. The number of hydrogen-bond acceptors (Lipinski definition) is 2. The van der Waals surface area contributed by atoms with Crippen LogP contribution in [0.1, 0.15) is 12.5 Å². The van der Waals surface area contributed by atoms with Crippen molar-refractivity contribution in [1.29, 1.82) is 0 Å². The van der Waals surface area contributed by atoms with Gasteiger partial charge in [0, 0.05) is 20.2 Å². The molecule has 0 fully saturated rings. The summed E-state index contributed by atoms with van der Waals surface area (Å²) in [6.45, 7) is 10.7. The van der Waals surface area contributed by atoms with Crippen LogP contribution in [0.15, 0.2) is 6.20 Å². The van der Waals surface area contributed by atoms with Gasteiger partial charge in [0.1, 0.15) is 10.4 Å². The molecule has 3 nitrogen and oxygen atoms in total. The third kappa shape index (κ3) is 4.55. The van der Waals surface area contributed by atoms with Gasteiger partial charge >= 0.3 is 0 Å². The minimum absolute atomic E-state index is 0.586. The summed E-state index contributed by atoms with van der Waals surface area (Å²) in [5.41, 5.74) is 1.30. The summed E-state index contributed by atoms with van der Waals surface area (Å²) in [7, 11) is -0.967. The second-order valence-corrected chi connectivity index (χ2v) is 11.8. The summed E-state index contributed by atoms with van der Waals surface area (Å²) in [4.78, 5) is 0. The molecule has 5 heteroatoms. The molecule has 0 saturated carbocycles. The Bertz CT molecular complexity index is 333. The first-order valence-electron chi connectivity index (χ1n) is 5.72. The number of nitrogens with zero attached hydrogens (tertiary/aromatic N) is 2. The van der Waals surface area contributed by atoms with Gasteiger partial charge in [-0.25, -0.2) is 4.68 Å². The maximum absolute atomic E-state index is 5.66. The maximum atomic E-state index is 5.66. The van der Waals surface area contributed by atoms with Crippen LogP contribution < -0.4 is 0 Å². The van der Waals surface area contributed by atoms with E-state index in [1.165, 1.54) is 15.3 Å². The summed E-state index contributed by atoms with van der Waals surface area (Å²) >= 11 is 2.33. The fourth-order valence-electron chi connectivity index (χ4n) is 1.27. The number of aryl methyl sites for hydroxylation is 1. The minimum atomic E-state index is -0.967. The quantitative estimate of drug-likeness (QED) is 0.446. The van der Waals surface area contributed by atoms with E-state index in [9.17, 15) is 0 Å². The molecular weight excluding hydrogens is 331 g/mol. The van der Waals surface area contributed by atoms with Crippen molar-refractivity contribution in [2.24, 2.45) is 0 Å². The van der Waals surface area contributed by atoms with Crippen molar-refractivity contribution in [3.63, 3.8) is 0 Å². The predicted octanol–water partition coefficient (Wildman–Crippen LogP) is 3.36. The molecule has 92 valence electrons. The van der Waals surface area contributed by atoms with Gasteiger partial charge in [-0.15, -0.1) is 0 Å². The van der Waals surface area contributed by atoms with E-state index in [0.717, 1.165) is 13.0 Å². The molecule has 0 unspecified atom stereocenters. The highest BCUT2D eigenvalue weighted by atomic mass is 127. The van der Waals surface area contributed by atoms with Gasteiger partial charge < -0.3 is 4.74 Å². The van der Waals surface area contributed by atoms with Crippen LogP contribution in [-0.4, -0.2) is 24.5 Å². The van der Waals surface area contributed by atoms with E-state index in [1.54, 1.807) is 0 Å². The smallest absolute Gasteiger partial charge is 0.140 e. The molecule has 0 aliphatic heterocycles. The average molecular weight is 352 g/mol. The zero-order chi connectivity index (χ0) is 12.2. The van der Waals surface area contributed by atoms with Crippen molar-refractivity contribution in [3.8, 4) is 0 Å². The molecule has 0 bridgehead atoms. The summed E-state index contributed by atoms with van der Waals surface area (Å²) < 4.78 is 8.80. The molecule has 0 aliphatic rings. The lowest BCUT2D eigenvalue weighted by molar-refractivity contribution is 0.0767. The van der Waals surface area contributed by atoms with Gasteiger partial charge in [-0.05, 0) is 35.1 Å². The summed E-state index contributed by atoms with van der Waals surface area (Å²) in [5, 5.41) is 4.32. The third-order valence-electron chi connectivity index (χ3n) is 2.44. The number of aromatic nitrogens is 2. The fourth-order valence-corrected chi connectivity index (χ4v) is 2.81.